The quantitative estimate of drug-likeness (QED) is 0.782. The van der Waals surface area contributed by atoms with Gasteiger partial charge in [0.15, 0.2) is 0 Å². The number of ether oxygens (including phenoxy) is 1. The van der Waals surface area contributed by atoms with Gasteiger partial charge in [-0.2, -0.15) is 0 Å². The van der Waals surface area contributed by atoms with Crippen molar-refractivity contribution in [3.63, 3.8) is 0 Å². The minimum absolute atomic E-state index is 0.762. The maximum Gasteiger partial charge on any atom is 0.127 e. The summed E-state index contributed by atoms with van der Waals surface area (Å²) in [5.74, 6) is 1.05. The van der Waals surface area contributed by atoms with Gasteiger partial charge in [-0.05, 0) is 48.4 Å². The first-order chi connectivity index (χ1) is 9.61. The molecule has 2 aromatic carbocycles. The van der Waals surface area contributed by atoms with Crippen molar-refractivity contribution in [2.45, 2.75) is 19.9 Å². The molecule has 0 atom stereocenters. The third-order valence-corrected chi connectivity index (χ3v) is 4.27. The fourth-order valence-corrected chi connectivity index (χ4v) is 3.67. The zero-order valence-electron chi connectivity index (χ0n) is 11.2. The standard InChI is InChI=1S/C16H15Br2NO/c1-10-4-13(17)8-15(5-10)19-9-12-7-14(18)6-11-2-3-20-16(11)12/h4-8,19H,2-3,9H2,1H3. The number of hydrogen-bond donors (Lipinski definition) is 1. The van der Waals surface area contributed by atoms with E-state index < -0.39 is 0 Å². The van der Waals surface area contributed by atoms with Gasteiger partial charge in [-0.3, -0.25) is 0 Å². The number of anilines is 1. The van der Waals surface area contributed by atoms with Crippen LogP contribution in [0.25, 0.3) is 0 Å². The van der Waals surface area contributed by atoms with E-state index in [-0.39, 0.29) is 0 Å². The van der Waals surface area contributed by atoms with E-state index in [1.54, 1.807) is 0 Å². The predicted octanol–water partition coefficient (Wildman–Crippen LogP) is 5.07. The number of halogens is 2. The highest BCUT2D eigenvalue weighted by Gasteiger charge is 2.17. The lowest BCUT2D eigenvalue weighted by Crippen LogP contribution is -2.02. The largest absolute Gasteiger partial charge is 0.493 e. The Morgan fingerprint density at radius 1 is 1.10 bits per heavy atom. The van der Waals surface area contributed by atoms with Gasteiger partial charge in [0, 0.05) is 33.2 Å². The van der Waals surface area contributed by atoms with Gasteiger partial charge in [0.25, 0.3) is 0 Å². The van der Waals surface area contributed by atoms with E-state index in [0.717, 1.165) is 40.0 Å². The number of nitrogens with one attached hydrogen (secondary N) is 1. The first-order valence-corrected chi connectivity index (χ1v) is 8.15. The molecule has 0 amide bonds. The summed E-state index contributed by atoms with van der Waals surface area (Å²) in [6.45, 7) is 3.64. The van der Waals surface area contributed by atoms with Crippen LogP contribution < -0.4 is 10.1 Å². The van der Waals surface area contributed by atoms with E-state index in [1.165, 1.54) is 16.7 Å². The van der Waals surface area contributed by atoms with Gasteiger partial charge in [0.1, 0.15) is 5.75 Å². The molecule has 1 N–H and O–H groups in total. The van der Waals surface area contributed by atoms with Gasteiger partial charge < -0.3 is 10.1 Å². The Balaban J connectivity index is 1.82. The summed E-state index contributed by atoms with van der Waals surface area (Å²) in [5, 5.41) is 3.47. The molecular formula is C16H15Br2NO. The maximum absolute atomic E-state index is 5.75. The van der Waals surface area contributed by atoms with E-state index >= 15 is 0 Å². The first kappa shape index (κ1) is 14.0. The van der Waals surface area contributed by atoms with Gasteiger partial charge in [0.05, 0.1) is 6.61 Å². The van der Waals surface area contributed by atoms with Crippen LogP contribution in [0, 0.1) is 6.92 Å². The molecule has 2 aromatic rings. The summed E-state index contributed by atoms with van der Waals surface area (Å²) in [6, 6.07) is 10.6. The SMILES string of the molecule is Cc1cc(Br)cc(NCc2cc(Br)cc3c2OCC3)c1. The summed E-state index contributed by atoms with van der Waals surface area (Å²) >= 11 is 7.10. The monoisotopic (exact) mass is 395 g/mol. The van der Waals surface area contributed by atoms with Crippen LogP contribution in [0.15, 0.2) is 39.3 Å². The summed E-state index contributed by atoms with van der Waals surface area (Å²) in [4.78, 5) is 0. The average molecular weight is 397 g/mol. The van der Waals surface area contributed by atoms with Crippen molar-refractivity contribution in [2.75, 3.05) is 11.9 Å². The molecule has 0 fully saturated rings. The molecule has 1 aliphatic rings. The first-order valence-electron chi connectivity index (χ1n) is 6.57. The lowest BCUT2D eigenvalue weighted by atomic mass is 10.1. The fourth-order valence-electron chi connectivity index (χ4n) is 2.51. The van der Waals surface area contributed by atoms with E-state index in [0.29, 0.717) is 0 Å². The van der Waals surface area contributed by atoms with Crippen LogP contribution >= 0.6 is 31.9 Å². The van der Waals surface area contributed by atoms with Crippen LogP contribution in [0.3, 0.4) is 0 Å². The number of aryl methyl sites for hydroxylation is 1. The van der Waals surface area contributed by atoms with Crippen molar-refractivity contribution in [3.8, 4) is 5.75 Å². The second kappa shape index (κ2) is 5.78. The summed E-state index contributed by atoms with van der Waals surface area (Å²) in [7, 11) is 0. The molecule has 0 saturated heterocycles. The van der Waals surface area contributed by atoms with Gasteiger partial charge >= 0.3 is 0 Å². The zero-order valence-corrected chi connectivity index (χ0v) is 14.3. The minimum atomic E-state index is 0.762. The van der Waals surface area contributed by atoms with Gasteiger partial charge in [0.2, 0.25) is 0 Å². The van der Waals surface area contributed by atoms with Crippen LogP contribution in [0.1, 0.15) is 16.7 Å². The number of rotatable bonds is 3. The van der Waals surface area contributed by atoms with Crippen molar-refractivity contribution >= 4 is 37.5 Å². The van der Waals surface area contributed by atoms with Crippen molar-refractivity contribution in [1.82, 2.24) is 0 Å². The molecule has 1 aliphatic heterocycles. The molecule has 2 nitrogen and oxygen atoms in total. The van der Waals surface area contributed by atoms with Crippen molar-refractivity contribution in [3.05, 3.63) is 56.0 Å². The van der Waals surface area contributed by atoms with E-state index in [4.69, 9.17) is 4.74 Å². The zero-order chi connectivity index (χ0) is 14.1. The van der Waals surface area contributed by atoms with Crippen LogP contribution in [-0.2, 0) is 13.0 Å². The molecule has 0 spiro atoms. The Hall–Kier alpha value is -1.00. The third-order valence-electron chi connectivity index (χ3n) is 3.35. The molecule has 0 unspecified atom stereocenters. The van der Waals surface area contributed by atoms with E-state index in [2.05, 4.69) is 74.4 Å². The van der Waals surface area contributed by atoms with Gasteiger partial charge in [-0.1, -0.05) is 31.9 Å². The summed E-state index contributed by atoms with van der Waals surface area (Å²) in [6.07, 6.45) is 0.998. The minimum Gasteiger partial charge on any atom is -0.493 e. The molecule has 4 heteroatoms. The summed E-state index contributed by atoms with van der Waals surface area (Å²) < 4.78 is 7.96. The number of hydrogen-bond acceptors (Lipinski definition) is 2. The average Bonchev–Trinajstić information content (AvgIpc) is 2.82. The molecule has 20 heavy (non-hydrogen) atoms. The highest BCUT2D eigenvalue weighted by Crippen LogP contribution is 2.33. The van der Waals surface area contributed by atoms with Crippen LogP contribution in [0.2, 0.25) is 0 Å². The maximum atomic E-state index is 5.75. The molecule has 1 heterocycles. The van der Waals surface area contributed by atoms with Gasteiger partial charge in [-0.15, -0.1) is 0 Å². The number of fused-ring (bicyclic) bond motifs is 1. The Bertz CT molecular complexity index is 635. The Labute approximate surface area is 135 Å². The summed E-state index contributed by atoms with van der Waals surface area (Å²) in [5.41, 5.74) is 4.84. The van der Waals surface area contributed by atoms with Crippen LogP contribution in [0.5, 0.6) is 5.75 Å². The lowest BCUT2D eigenvalue weighted by molar-refractivity contribution is 0.354. The van der Waals surface area contributed by atoms with Crippen molar-refractivity contribution < 1.29 is 4.74 Å². The highest BCUT2D eigenvalue weighted by molar-refractivity contribution is 9.10. The molecular weight excluding hydrogens is 382 g/mol. The smallest absolute Gasteiger partial charge is 0.127 e. The molecule has 0 saturated carbocycles. The molecule has 3 rings (SSSR count). The molecule has 0 aliphatic carbocycles. The predicted molar refractivity (Wildman–Crippen MR) is 89.5 cm³/mol. The van der Waals surface area contributed by atoms with Crippen LogP contribution in [0.4, 0.5) is 5.69 Å². The second-order valence-electron chi connectivity index (χ2n) is 5.02. The van der Waals surface area contributed by atoms with E-state index in [9.17, 15) is 0 Å². The Kier molecular flexibility index (Phi) is 4.03. The third kappa shape index (κ3) is 3.01. The Morgan fingerprint density at radius 2 is 1.90 bits per heavy atom. The van der Waals surface area contributed by atoms with E-state index in [1.807, 2.05) is 0 Å². The lowest BCUT2D eigenvalue weighted by Gasteiger charge is -2.12. The molecule has 0 aromatic heterocycles. The second-order valence-corrected chi connectivity index (χ2v) is 6.85. The number of benzene rings is 2. The molecule has 0 radical (unpaired) electrons. The molecule has 104 valence electrons. The van der Waals surface area contributed by atoms with Crippen molar-refractivity contribution in [1.29, 1.82) is 0 Å². The van der Waals surface area contributed by atoms with Gasteiger partial charge in [-0.25, -0.2) is 0 Å². The Morgan fingerprint density at radius 3 is 2.70 bits per heavy atom. The van der Waals surface area contributed by atoms with Crippen molar-refractivity contribution in [2.24, 2.45) is 0 Å². The normalized spacial score (nSPS) is 12.9. The highest BCUT2D eigenvalue weighted by atomic mass is 79.9. The molecule has 0 bridgehead atoms. The van der Waals surface area contributed by atoms with Crippen LogP contribution in [-0.4, -0.2) is 6.61 Å². The fraction of sp³-hybridized carbons (Fsp3) is 0.250. The topological polar surface area (TPSA) is 21.3 Å².